The van der Waals surface area contributed by atoms with Gasteiger partial charge >= 0.3 is 47.8 Å². The molecule has 1 fully saturated rings. The van der Waals surface area contributed by atoms with Gasteiger partial charge in [-0.3, -0.25) is 38.4 Å². The zero-order valence-electron chi connectivity index (χ0n) is 19.7. The van der Waals surface area contributed by atoms with Crippen LogP contribution in [-0.2, 0) is 38.4 Å². The summed E-state index contributed by atoms with van der Waals surface area (Å²) in [5, 5.41) is 77.2. The Labute approximate surface area is 213 Å². The standard InChI is InChI=1S/C22H28O16/c23-15(24)7-1-2-8(16(25)26)12(20(33)34)6-14(22(37)38)10(18(29)30)4-3-9(17(27)28)13(21(35)36)5-11(7)19(31)32/h7-14H,1-6H2,(H,23,24)(H,25,26)(H,27,28)(H,29,30)(H,31,32)(H,33,34)(H,35,36)(H,37,38). The highest BCUT2D eigenvalue weighted by atomic mass is 16.4. The topological polar surface area (TPSA) is 298 Å². The maximum Gasteiger partial charge on any atom is 0.307 e. The van der Waals surface area contributed by atoms with Gasteiger partial charge in [-0.25, -0.2) is 0 Å². The lowest BCUT2D eigenvalue weighted by Gasteiger charge is -2.31. The van der Waals surface area contributed by atoms with Crippen LogP contribution in [-0.4, -0.2) is 88.6 Å². The molecule has 1 rings (SSSR count). The summed E-state index contributed by atoms with van der Waals surface area (Å²) < 4.78 is 0. The molecule has 0 heterocycles. The van der Waals surface area contributed by atoms with Gasteiger partial charge in [0.1, 0.15) is 0 Å². The molecular weight excluding hydrogens is 520 g/mol. The largest absolute Gasteiger partial charge is 0.481 e. The minimum Gasteiger partial charge on any atom is -0.481 e. The number of hydrogen-bond acceptors (Lipinski definition) is 8. The van der Waals surface area contributed by atoms with Gasteiger partial charge in [0.15, 0.2) is 0 Å². The Bertz CT molecular complexity index is 832. The average molecular weight is 548 g/mol. The van der Waals surface area contributed by atoms with Crippen LogP contribution in [0, 0.1) is 47.3 Å². The van der Waals surface area contributed by atoms with E-state index in [1.54, 1.807) is 0 Å². The van der Waals surface area contributed by atoms with Crippen molar-refractivity contribution in [3.05, 3.63) is 0 Å². The summed E-state index contributed by atoms with van der Waals surface area (Å²) in [5.41, 5.74) is 0. The summed E-state index contributed by atoms with van der Waals surface area (Å²) in [4.78, 5) is 95.5. The van der Waals surface area contributed by atoms with Crippen molar-refractivity contribution < 1.29 is 79.2 Å². The molecule has 8 unspecified atom stereocenters. The normalized spacial score (nSPS) is 31.2. The SMILES string of the molecule is O=C(O)C1CCC(C(=O)O)C(C(=O)O)CC(C(=O)O)C(C(=O)O)CCC(C(=O)O)C(C(=O)O)CC1C(=O)O. The van der Waals surface area contributed by atoms with E-state index in [9.17, 15) is 79.2 Å². The summed E-state index contributed by atoms with van der Waals surface area (Å²) >= 11 is 0. The van der Waals surface area contributed by atoms with Crippen LogP contribution in [0.15, 0.2) is 0 Å². The molecule has 0 amide bonds. The van der Waals surface area contributed by atoms with Crippen LogP contribution in [0.5, 0.6) is 0 Å². The number of carboxylic acid groups (broad SMARTS) is 8. The number of rotatable bonds is 8. The van der Waals surface area contributed by atoms with Crippen molar-refractivity contribution in [3.63, 3.8) is 0 Å². The van der Waals surface area contributed by atoms with E-state index in [0.717, 1.165) is 0 Å². The minimum absolute atomic E-state index is 0.794. The van der Waals surface area contributed by atoms with Crippen molar-refractivity contribution >= 4 is 47.8 Å². The average Bonchev–Trinajstić information content (AvgIpc) is 2.76. The van der Waals surface area contributed by atoms with Gasteiger partial charge in [-0.2, -0.15) is 0 Å². The van der Waals surface area contributed by atoms with Gasteiger partial charge in [-0.05, 0) is 38.5 Å². The van der Waals surface area contributed by atoms with Crippen LogP contribution in [0.25, 0.3) is 0 Å². The molecule has 0 aromatic carbocycles. The highest BCUT2D eigenvalue weighted by Gasteiger charge is 2.46. The van der Waals surface area contributed by atoms with E-state index in [1.165, 1.54) is 0 Å². The Morgan fingerprint density at radius 3 is 0.526 bits per heavy atom. The fraction of sp³-hybridized carbons (Fsp3) is 0.636. The van der Waals surface area contributed by atoms with Gasteiger partial charge < -0.3 is 40.9 Å². The molecule has 212 valence electrons. The smallest absolute Gasteiger partial charge is 0.307 e. The molecule has 1 aliphatic rings. The van der Waals surface area contributed by atoms with Gasteiger partial charge in [0, 0.05) is 0 Å². The Balaban J connectivity index is 3.82. The second-order valence-electron chi connectivity index (χ2n) is 9.18. The molecule has 1 aliphatic carbocycles. The second-order valence-corrected chi connectivity index (χ2v) is 9.18. The summed E-state index contributed by atoms with van der Waals surface area (Å²) in [7, 11) is 0. The lowest BCUT2D eigenvalue weighted by atomic mass is 9.71. The fourth-order valence-electron chi connectivity index (χ4n) is 5.00. The van der Waals surface area contributed by atoms with E-state index in [1.807, 2.05) is 0 Å². The second kappa shape index (κ2) is 13.3. The first-order valence-corrected chi connectivity index (χ1v) is 11.3. The Morgan fingerprint density at radius 2 is 0.421 bits per heavy atom. The third kappa shape index (κ3) is 7.88. The molecule has 8 N–H and O–H groups in total. The molecular formula is C22H28O16. The van der Waals surface area contributed by atoms with Crippen LogP contribution >= 0.6 is 0 Å². The van der Waals surface area contributed by atoms with Crippen molar-refractivity contribution in [1.82, 2.24) is 0 Å². The third-order valence-corrected chi connectivity index (χ3v) is 7.07. The molecule has 0 aromatic rings. The van der Waals surface area contributed by atoms with Crippen LogP contribution < -0.4 is 0 Å². The molecule has 8 atom stereocenters. The fourth-order valence-corrected chi connectivity index (χ4v) is 5.00. The van der Waals surface area contributed by atoms with Crippen molar-refractivity contribution in [2.24, 2.45) is 47.3 Å². The van der Waals surface area contributed by atoms with Crippen molar-refractivity contribution in [3.8, 4) is 0 Å². The van der Waals surface area contributed by atoms with Crippen molar-refractivity contribution in [1.29, 1.82) is 0 Å². The highest BCUT2D eigenvalue weighted by Crippen LogP contribution is 2.38. The summed E-state index contributed by atoms with van der Waals surface area (Å²) in [5.74, 6) is -30.4. The molecule has 0 bridgehead atoms. The zero-order chi connectivity index (χ0) is 29.5. The van der Waals surface area contributed by atoms with Crippen molar-refractivity contribution in [2.75, 3.05) is 0 Å². The highest BCUT2D eigenvalue weighted by molar-refractivity contribution is 5.85. The Hall–Kier alpha value is -4.24. The van der Waals surface area contributed by atoms with Crippen LogP contribution in [0.3, 0.4) is 0 Å². The first kappa shape index (κ1) is 31.8. The van der Waals surface area contributed by atoms with E-state index < -0.39 is 134 Å². The van der Waals surface area contributed by atoms with E-state index >= 15 is 0 Å². The maximum absolute atomic E-state index is 11.9. The molecule has 0 spiro atoms. The maximum atomic E-state index is 11.9. The zero-order valence-corrected chi connectivity index (χ0v) is 19.7. The first-order valence-electron chi connectivity index (χ1n) is 11.3. The van der Waals surface area contributed by atoms with Crippen LogP contribution in [0.4, 0.5) is 0 Å². The van der Waals surface area contributed by atoms with Crippen molar-refractivity contribution in [2.45, 2.75) is 38.5 Å². The van der Waals surface area contributed by atoms with Gasteiger partial charge in [0.05, 0.1) is 47.3 Å². The van der Waals surface area contributed by atoms with Crippen LogP contribution in [0.2, 0.25) is 0 Å². The summed E-state index contributed by atoms with van der Waals surface area (Å²) in [6.07, 6.45) is -5.26. The van der Waals surface area contributed by atoms with E-state index in [-0.39, 0.29) is 0 Å². The monoisotopic (exact) mass is 548 g/mol. The number of carboxylic acids is 8. The predicted octanol–water partition coefficient (Wildman–Crippen LogP) is -0.0530. The Morgan fingerprint density at radius 1 is 0.289 bits per heavy atom. The van der Waals surface area contributed by atoms with E-state index in [0.29, 0.717) is 0 Å². The van der Waals surface area contributed by atoms with E-state index in [2.05, 4.69) is 0 Å². The van der Waals surface area contributed by atoms with Gasteiger partial charge in [-0.1, -0.05) is 0 Å². The first-order chi connectivity index (χ1) is 17.5. The third-order valence-electron chi connectivity index (χ3n) is 7.07. The number of carbonyl (C=O) groups is 8. The molecule has 0 aromatic heterocycles. The molecule has 0 aliphatic heterocycles. The van der Waals surface area contributed by atoms with Gasteiger partial charge in [0.25, 0.3) is 0 Å². The van der Waals surface area contributed by atoms with Gasteiger partial charge in [-0.15, -0.1) is 0 Å². The molecule has 16 nitrogen and oxygen atoms in total. The lowest BCUT2D eigenvalue weighted by Crippen LogP contribution is -2.41. The molecule has 0 radical (unpaired) electrons. The Kier molecular flexibility index (Phi) is 11.2. The quantitative estimate of drug-likeness (QED) is 0.197. The van der Waals surface area contributed by atoms with Crippen LogP contribution in [0.1, 0.15) is 38.5 Å². The van der Waals surface area contributed by atoms with E-state index in [4.69, 9.17) is 0 Å². The molecule has 1 saturated carbocycles. The summed E-state index contributed by atoms with van der Waals surface area (Å²) in [6, 6.07) is 0. The number of hydrogen-bond donors (Lipinski definition) is 8. The predicted molar refractivity (Wildman–Crippen MR) is 117 cm³/mol. The molecule has 38 heavy (non-hydrogen) atoms. The minimum atomic E-state index is -2.03. The lowest BCUT2D eigenvalue weighted by molar-refractivity contribution is -0.163. The molecule has 16 heteroatoms. The van der Waals surface area contributed by atoms with Gasteiger partial charge in [0.2, 0.25) is 0 Å². The molecule has 0 saturated heterocycles. The summed E-state index contributed by atoms with van der Waals surface area (Å²) in [6.45, 7) is 0. The number of aliphatic carboxylic acids is 8.